The van der Waals surface area contributed by atoms with Crippen LogP contribution in [0.4, 0.5) is 4.39 Å². The molecule has 1 unspecified atom stereocenters. The highest BCUT2D eigenvalue weighted by atomic mass is 35.7. The van der Waals surface area contributed by atoms with Gasteiger partial charge in [-0.3, -0.25) is 9.00 Å². The Bertz CT molecular complexity index is 633. The number of rotatable bonds is 6. The molecule has 5 nitrogen and oxygen atoms in total. The van der Waals surface area contributed by atoms with E-state index in [4.69, 9.17) is 10.7 Å². The van der Waals surface area contributed by atoms with Crippen molar-refractivity contribution in [3.63, 3.8) is 0 Å². The highest BCUT2D eigenvalue weighted by molar-refractivity contribution is 8.13. The molecule has 1 aromatic carbocycles. The van der Waals surface area contributed by atoms with E-state index < -0.39 is 36.5 Å². The van der Waals surface area contributed by atoms with Crippen molar-refractivity contribution in [2.24, 2.45) is 0 Å². The summed E-state index contributed by atoms with van der Waals surface area (Å²) in [7, 11) is -0.207. The molecule has 0 saturated heterocycles. The average molecular weight is 342 g/mol. The molecule has 20 heavy (non-hydrogen) atoms. The fourth-order valence-corrected chi connectivity index (χ4v) is 2.90. The van der Waals surface area contributed by atoms with Gasteiger partial charge < -0.3 is 5.32 Å². The maximum absolute atomic E-state index is 13.3. The lowest BCUT2D eigenvalue weighted by molar-refractivity contribution is 0.0956. The number of benzene rings is 1. The molecular weight excluding hydrogens is 329 g/mol. The molecule has 0 bridgehead atoms. The topological polar surface area (TPSA) is 80.3 Å². The van der Waals surface area contributed by atoms with E-state index in [0.717, 1.165) is 18.2 Å². The molecule has 0 fully saturated rings. The van der Waals surface area contributed by atoms with Crippen LogP contribution in [0.1, 0.15) is 17.3 Å². The molecule has 0 aromatic heterocycles. The normalized spacial score (nSPS) is 12.9. The molecule has 0 aliphatic rings. The Hall–Kier alpha value is -0.990. The van der Waals surface area contributed by atoms with Crippen molar-refractivity contribution in [1.29, 1.82) is 0 Å². The molecule has 112 valence electrons. The molecule has 1 atom stereocenters. The number of carbonyl (C=O) groups excluding carboxylic acids is 1. The SMILES string of the molecule is CCS(=O)CCNC(=O)c1ccc(F)c(S(=O)(=O)Cl)c1. The Balaban J connectivity index is 2.82. The quantitative estimate of drug-likeness (QED) is 0.790. The van der Waals surface area contributed by atoms with Gasteiger partial charge in [-0.25, -0.2) is 12.8 Å². The fourth-order valence-electron chi connectivity index (χ4n) is 1.36. The van der Waals surface area contributed by atoms with Crippen LogP contribution in [0.3, 0.4) is 0 Å². The number of hydrogen-bond acceptors (Lipinski definition) is 4. The fraction of sp³-hybridized carbons (Fsp3) is 0.364. The van der Waals surface area contributed by atoms with Crippen molar-refractivity contribution in [1.82, 2.24) is 5.32 Å². The van der Waals surface area contributed by atoms with Crippen molar-refractivity contribution in [3.05, 3.63) is 29.6 Å². The standard InChI is InChI=1S/C11H13ClFNO4S2/c1-2-19(16)6-5-14-11(15)8-3-4-9(13)10(7-8)20(12,17)18/h3-4,7H,2,5-6H2,1H3,(H,14,15). The number of amides is 1. The summed E-state index contributed by atoms with van der Waals surface area (Å²) in [5.74, 6) is -0.825. The highest BCUT2D eigenvalue weighted by Crippen LogP contribution is 2.20. The lowest BCUT2D eigenvalue weighted by Crippen LogP contribution is -2.28. The van der Waals surface area contributed by atoms with Crippen LogP contribution >= 0.6 is 10.7 Å². The zero-order chi connectivity index (χ0) is 15.3. The summed E-state index contributed by atoms with van der Waals surface area (Å²) >= 11 is 0. The van der Waals surface area contributed by atoms with Crippen LogP contribution in [-0.4, -0.2) is 36.6 Å². The average Bonchev–Trinajstić information content (AvgIpc) is 2.37. The first-order valence-corrected chi connectivity index (χ1v) is 9.42. The molecule has 0 saturated carbocycles. The lowest BCUT2D eigenvalue weighted by Gasteiger charge is -2.06. The summed E-state index contributed by atoms with van der Waals surface area (Å²) in [4.78, 5) is 11.0. The van der Waals surface area contributed by atoms with Gasteiger partial charge in [-0.05, 0) is 18.2 Å². The highest BCUT2D eigenvalue weighted by Gasteiger charge is 2.18. The predicted molar refractivity (Wildman–Crippen MR) is 75.3 cm³/mol. The second-order valence-corrected chi connectivity index (χ2v) is 8.17. The molecule has 0 radical (unpaired) electrons. The molecular formula is C11H13ClFNO4S2. The molecule has 0 spiro atoms. The van der Waals surface area contributed by atoms with Gasteiger partial charge in [0.1, 0.15) is 10.7 Å². The minimum Gasteiger partial charge on any atom is -0.351 e. The predicted octanol–water partition coefficient (Wildman–Crippen LogP) is 1.25. The minimum atomic E-state index is -4.26. The number of halogens is 2. The number of nitrogens with one attached hydrogen (secondary N) is 1. The van der Waals surface area contributed by atoms with E-state index in [9.17, 15) is 21.8 Å². The van der Waals surface area contributed by atoms with Crippen LogP contribution in [-0.2, 0) is 19.9 Å². The summed E-state index contributed by atoms with van der Waals surface area (Å²) < 4.78 is 46.7. The van der Waals surface area contributed by atoms with E-state index in [2.05, 4.69) is 5.32 Å². The third-order valence-electron chi connectivity index (χ3n) is 2.39. The van der Waals surface area contributed by atoms with Gasteiger partial charge in [0.25, 0.3) is 15.0 Å². The van der Waals surface area contributed by atoms with E-state index in [1.807, 2.05) is 0 Å². The third kappa shape index (κ3) is 4.84. The summed E-state index contributed by atoms with van der Waals surface area (Å²) in [6.45, 7) is 1.94. The number of carbonyl (C=O) groups is 1. The number of hydrogen-bond donors (Lipinski definition) is 1. The first-order valence-electron chi connectivity index (χ1n) is 5.63. The largest absolute Gasteiger partial charge is 0.351 e. The summed E-state index contributed by atoms with van der Waals surface area (Å²) in [5.41, 5.74) is -0.0343. The maximum Gasteiger partial charge on any atom is 0.264 e. The van der Waals surface area contributed by atoms with Crippen molar-refractivity contribution < 1.29 is 21.8 Å². The molecule has 0 aliphatic carbocycles. The van der Waals surface area contributed by atoms with Crippen molar-refractivity contribution in [2.75, 3.05) is 18.1 Å². The van der Waals surface area contributed by atoms with Gasteiger partial charge in [-0.15, -0.1) is 0 Å². The van der Waals surface area contributed by atoms with E-state index in [1.54, 1.807) is 6.92 Å². The van der Waals surface area contributed by atoms with Crippen LogP contribution in [0.15, 0.2) is 23.1 Å². The Kier molecular flexibility index (Phi) is 6.09. The minimum absolute atomic E-state index is 0.0343. The molecule has 0 aliphatic heterocycles. The monoisotopic (exact) mass is 341 g/mol. The Morgan fingerprint density at radius 1 is 1.45 bits per heavy atom. The van der Waals surface area contributed by atoms with Crippen LogP contribution in [0.25, 0.3) is 0 Å². The molecule has 9 heteroatoms. The van der Waals surface area contributed by atoms with Gasteiger partial charge in [0.05, 0.1) is 0 Å². The van der Waals surface area contributed by atoms with Crippen LogP contribution in [0.2, 0.25) is 0 Å². The zero-order valence-electron chi connectivity index (χ0n) is 10.6. The Morgan fingerprint density at radius 2 is 2.10 bits per heavy atom. The van der Waals surface area contributed by atoms with Crippen molar-refractivity contribution >= 4 is 36.4 Å². The molecule has 1 rings (SSSR count). The van der Waals surface area contributed by atoms with Gasteiger partial charge in [-0.1, -0.05) is 6.92 Å². The Labute approximate surface area is 123 Å². The van der Waals surface area contributed by atoms with Crippen molar-refractivity contribution in [3.8, 4) is 0 Å². The smallest absolute Gasteiger partial charge is 0.264 e. The van der Waals surface area contributed by atoms with Gasteiger partial charge in [0.15, 0.2) is 0 Å². The second kappa shape index (κ2) is 7.14. The Morgan fingerprint density at radius 3 is 2.65 bits per heavy atom. The van der Waals surface area contributed by atoms with Crippen LogP contribution in [0.5, 0.6) is 0 Å². The van der Waals surface area contributed by atoms with E-state index in [-0.39, 0.29) is 12.1 Å². The lowest BCUT2D eigenvalue weighted by atomic mass is 10.2. The van der Waals surface area contributed by atoms with E-state index >= 15 is 0 Å². The first-order chi connectivity index (χ1) is 9.25. The molecule has 0 heterocycles. The summed E-state index contributed by atoms with van der Waals surface area (Å²) in [6.07, 6.45) is 0. The van der Waals surface area contributed by atoms with Crippen molar-refractivity contribution in [2.45, 2.75) is 11.8 Å². The van der Waals surface area contributed by atoms with Crippen LogP contribution < -0.4 is 5.32 Å². The van der Waals surface area contributed by atoms with Gasteiger partial charge in [0.2, 0.25) is 0 Å². The summed E-state index contributed by atoms with van der Waals surface area (Å²) in [5, 5.41) is 2.47. The zero-order valence-corrected chi connectivity index (χ0v) is 12.9. The van der Waals surface area contributed by atoms with Gasteiger partial charge in [0, 0.05) is 45.1 Å². The third-order valence-corrected chi connectivity index (χ3v) is 5.03. The maximum atomic E-state index is 13.3. The molecule has 1 aromatic rings. The summed E-state index contributed by atoms with van der Waals surface area (Å²) in [6, 6.07) is 2.87. The van der Waals surface area contributed by atoms with Gasteiger partial charge >= 0.3 is 0 Å². The molecule has 1 N–H and O–H groups in total. The van der Waals surface area contributed by atoms with E-state index in [0.29, 0.717) is 11.5 Å². The molecule has 1 amide bonds. The van der Waals surface area contributed by atoms with E-state index in [1.165, 1.54) is 0 Å². The first kappa shape index (κ1) is 17.1. The van der Waals surface area contributed by atoms with Crippen LogP contribution in [0, 0.1) is 5.82 Å². The second-order valence-electron chi connectivity index (χ2n) is 3.77. The van der Waals surface area contributed by atoms with Gasteiger partial charge in [-0.2, -0.15) is 0 Å².